The molecule has 0 atom stereocenters. The standard InChI is InChI=1S/C21H23FN2O4S/c1-4-11-24-18-12-17(9-10-19(18)28-14-21(2,3)20(24)25)23-29(26,27)13-15-5-7-16(22)8-6-15/h4-10,12,23H,1,11,13-14H2,2-3H3. The second kappa shape index (κ2) is 7.87. The van der Waals surface area contributed by atoms with E-state index in [9.17, 15) is 17.6 Å². The highest BCUT2D eigenvalue weighted by atomic mass is 32.2. The zero-order valence-corrected chi connectivity index (χ0v) is 17.1. The van der Waals surface area contributed by atoms with E-state index in [0.717, 1.165) is 0 Å². The van der Waals surface area contributed by atoms with Crippen LogP contribution in [0.3, 0.4) is 0 Å². The van der Waals surface area contributed by atoms with Crippen molar-refractivity contribution in [2.75, 3.05) is 22.8 Å². The lowest BCUT2D eigenvalue weighted by molar-refractivity contribution is -0.127. The smallest absolute Gasteiger partial charge is 0.236 e. The SMILES string of the molecule is C=CCN1C(=O)C(C)(C)COc2ccc(NS(=O)(=O)Cc3ccc(F)cc3)cc21. The molecule has 1 heterocycles. The minimum absolute atomic E-state index is 0.137. The van der Waals surface area contributed by atoms with E-state index in [1.807, 2.05) is 0 Å². The first-order valence-electron chi connectivity index (χ1n) is 9.06. The normalized spacial score (nSPS) is 15.8. The first-order valence-corrected chi connectivity index (χ1v) is 10.7. The summed E-state index contributed by atoms with van der Waals surface area (Å²) >= 11 is 0. The van der Waals surface area contributed by atoms with Gasteiger partial charge in [0, 0.05) is 6.54 Å². The fourth-order valence-electron chi connectivity index (χ4n) is 3.03. The number of hydrogen-bond acceptors (Lipinski definition) is 4. The van der Waals surface area contributed by atoms with Gasteiger partial charge in [0.2, 0.25) is 15.9 Å². The van der Waals surface area contributed by atoms with Gasteiger partial charge in [0.1, 0.15) is 18.2 Å². The van der Waals surface area contributed by atoms with Crippen LogP contribution in [0, 0.1) is 11.2 Å². The van der Waals surface area contributed by atoms with E-state index in [4.69, 9.17) is 4.74 Å². The largest absolute Gasteiger partial charge is 0.490 e. The van der Waals surface area contributed by atoms with E-state index in [1.54, 1.807) is 38.1 Å². The molecule has 3 rings (SSSR count). The second-order valence-corrected chi connectivity index (χ2v) is 9.27. The van der Waals surface area contributed by atoms with E-state index in [0.29, 0.717) is 22.7 Å². The van der Waals surface area contributed by atoms with Crippen LogP contribution in [0.15, 0.2) is 55.1 Å². The molecule has 1 aliphatic rings. The molecule has 8 heteroatoms. The van der Waals surface area contributed by atoms with Crippen molar-refractivity contribution in [2.45, 2.75) is 19.6 Å². The van der Waals surface area contributed by atoms with Crippen LogP contribution >= 0.6 is 0 Å². The number of amides is 1. The predicted molar refractivity (Wildman–Crippen MR) is 111 cm³/mol. The Bertz CT molecular complexity index is 1030. The Kier molecular flexibility index (Phi) is 5.66. The van der Waals surface area contributed by atoms with Crippen LogP contribution in [0.5, 0.6) is 5.75 Å². The Labute approximate surface area is 170 Å². The Morgan fingerprint density at radius 1 is 1.24 bits per heavy atom. The van der Waals surface area contributed by atoms with Crippen LogP contribution in [-0.4, -0.2) is 27.5 Å². The summed E-state index contributed by atoms with van der Waals surface area (Å²) in [6.07, 6.45) is 1.61. The highest BCUT2D eigenvalue weighted by Gasteiger charge is 2.37. The molecule has 6 nitrogen and oxygen atoms in total. The first kappa shape index (κ1) is 20.9. The number of fused-ring (bicyclic) bond motifs is 1. The summed E-state index contributed by atoms with van der Waals surface area (Å²) in [5, 5.41) is 0. The van der Waals surface area contributed by atoms with Crippen molar-refractivity contribution in [2.24, 2.45) is 5.41 Å². The molecule has 0 aliphatic carbocycles. The monoisotopic (exact) mass is 418 g/mol. The van der Waals surface area contributed by atoms with Gasteiger partial charge < -0.3 is 9.64 Å². The summed E-state index contributed by atoms with van der Waals surface area (Å²) < 4.78 is 46.4. The third-order valence-electron chi connectivity index (χ3n) is 4.52. The molecule has 29 heavy (non-hydrogen) atoms. The lowest BCUT2D eigenvalue weighted by Crippen LogP contribution is -2.42. The molecule has 0 spiro atoms. The van der Waals surface area contributed by atoms with Crippen LogP contribution in [0.4, 0.5) is 15.8 Å². The van der Waals surface area contributed by atoms with Gasteiger partial charge >= 0.3 is 0 Å². The Morgan fingerprint density at radius 2 is 1.93 bits per heavy atom. The average molecular weight is 418 g/mol. The number of nitrogens with zero attached hydrogens (tertiary/aromatic N) is 1. The van der Waals surface area contributed by atoms with Crippen LogP contribution < -0.4 is 14.4 Å². The second-order valence-electron chi connectivity index (χ2n) is 7.55. The molecule has 2 aromatic rings. The van der Waals surface area contributed by atoms with Crippen LogP contribution in [0.1, 0.15) is 19.4 Å². The number of hydrogen-bond donors (Lipinski definition) is 1. The molecule has 0 aromatic heterocycles. The highest BCUT2D eigenvalue weighted by Crippen LogP contribution is 2.38. The maximum absolute atomic E-state index is 13.0. The summed E-state index contributed by atoms with van der Waals surface area (Å²) in [7, 11) is -3.74. The number of rotatable bonds is 6. The van der Waals surface area contributed by atoms with Gasteiger partial charge in [0.05, 0.1) is 22.5 Å². The number of anilines is 2. The molecular weight excluding hydrogens is 395 g/mol. The maximum Gasteiger partial charge on any atom is 0.236 e. The molecule has 0 saturated heterocycles. The summed E-state index contributed by atoms with van der Waals surface area (Å²) in [5.41, 5.74) is 0.505. The molecular formula is C21H23FN2O4S. The first-order chi connectivity index (χ1) is 13.6. The van der Waals surface area contributed by atoms with E-state index < -0.39 is 21.3 Å². The van der Waals surface area contributed by atoms with Crippen molar-refractivity contribution in [3.8, 4) is 5.75 Å². The van der Waals surface area contributed by atoms with E-state index >= 15 is 0 Å². The minimum atomic E-state index is -3.74. The summed E-state index contributed by atoms with van der Waals surface area (Å²) in [4.78, 5) is 14.4. The highest BCUT2D eigenvalue weighted by molar-refractivity contribution is 7.91. The lowest BCUT2D eigenvalue weighted by atomic mass is 9.93. The number of ether oxygens (including phenoxy) is 1. The molecule has 2 aromatic carbocycles. The molecule has 1 aliphatic heterocycles. The third-order valence-corrected chi connectivity index (χ3v) is 5.78. The molecule has 0 unspecified atom stereocenters. The molecule has 0 saturated carbocycles. The van der Waals surface area contributed by atoms with Gasteiger partial charge in [-0.05, 0) is 49.7 Å². The molecule has 0 bridgehead atoms. The van der Waals surface area contributed by atoms with Crippen molar-refractivity contribution in [1.82, 2.24) is 0 Å². The predicted octanol–water partition coefficient (Wildman–Crippen LogP) is 3.71. The third kappa shape index (κ3) is 4.76. The summed E-state index contributed by atoms with van der Waals surface area (Å²) in [5.74, 6) is -0.377. The summed E-state index contributed by atoms with van der Waals surface area (Å²) in [6.45, 7) is 7.77. The van der Waals surface area contributed by atoms with Gasteiger partial charge in [-0.15, -0.1) is 6.58 Å². The molecule has 154 valence electrons. The Balaban J connectivity index is 1.89. The maximum atomic E-state index is 13.0. The fourth-order valence-corrected chi connectivity index (χ4v) is 4.22. The molecule has 0 fully saturated rings. The van der Waals surface area contributed by atoms with Crippen molar-refractivity contribution < 1.29 is 22.3 Å². The number of carbonyl (C=O) groups excluding carboxylic acids is 1. The van der Waals surface area contributed by atoms with Gasteiger partial charge in [-0.25, -0.2) is 12.8 Å². The van der Waals surface area contributed by atoms with Gasteiger partial charge in [-0.3, -0.25) is 9.52 Å². The Morgan fingerprint density at radius 3 is 2.59 bits per heavy atom. The van der Waals surface area contributed by atoms with Gasteiger partial charge in [-0.1, -0.05) is 18.2 Å². The van der Waals surface area contributed by atoms with Crippen molar-refractivity contribution in [1.29, 1.82) is 0 Å². The van der Waals surface area contributed by atoms with Crippen molar-refractivity contribution >= 4 is 27.3 Å². The zero-order chi connectivity index (χ0) is 21.2. The molecule has 1 amide bonds. The van der Waals surface area contributed by atoms with Crippen LogP contribution in [0.25, 0.3) is 0 Å². The number of nitrogens with one attached hydrogen (secondary N) is 1. The van der Waals surface area contributed by atoms with Crippen molar-refractivity contribution in [3.63, 3.8) is 0 Å². The molecule has 1 N–H and O–H groups in total. The topological polar surface area (TPSA) is 75.7 Å². The van der Waals surface area contributed by atoms with E-state index in [-0.39, 0.29) is 24.8 Å². The number of halogens is 1. The molecule has 0 radical (unpaired) electrons. The van der Waals surface area contributed by atoms with Crippen LogP contribution in [0.2, 0.25) is 0 Å². The quantitative estimate of drug-likeness (QED) is 0.726. The Hall–Kier alpha value is -2.87. The number of benzene rings is 2. The van der Waals surface area contributed by atoms with Gasteiger partial charge in [0.15, 0.2) is 0 Å². The number of sulfonamides is 1. The number of carbonyl (C=O) groups is 1. The van der Waals surface area contributed by atoms with Crippen LogP contribution in [-0.2, 0) is 20.6 Å². The van der Waals surface area contributed by atoms with E-state index in [1.165, 1.54) is 29.2 Å². The van der Waals surface area contributed by atoms with Gasteiger partial charge in [0.25, 0.3) is 0 Å². The minimum Gasteiger partial charge on any atom is -0.490 e. The van der Waals surface area contributed by atoms with Crippen molar-refractivity contribution in [3.05, 3.63) is 66.5 Å². The summed E-state index contributed by atoms with van der Waals surface area (Å²) in [6, 6.07) is 10.1. The average Bonchev–Trinajstić information content (AvgIpc) is 2.74. The van der Waals surface area contributed by atoms with Gasteiger partial charge in [-0.2, -0.15) is 0 Å². The zero-order valence-electron chi connectivity index (χ0n) is 16.3. The fraction of sp³-hybridized carbons (Fsp3) is 0.286. The van der Waals surface area contributed by atoms with E-state index in [2.05, 4.69) is 11.3 Å². The lowest BCUT2D eigenvalue weighted by Gasteiger charge is -2.27.